The predicted molar refractivity (Wildman–Crippen MR) is 123 cm³/mol. The molecule has 0 saturated carbocycles. The number of hydrogen-bond donors (Lipinski definition) is 1. The number of hydrogen-bond acceptors (Lipinski definition) is 4. The van der Waals surface area contributed by atoms with Crippen LogP contribution in [0.5, 0.6) is 5.75 Å². The van der Waals surface area contributed by atoms with Crippen molar-refractivity contribution in [3.63, 3.8) is 0 Å². The van der Waals surface area contributed by atoms with Crippen LogP contribution in [0.1, 0.15) is 26.2 Å². The molecule has 1 amide bonds. The molecule has 0 spiro atoms. The van der Waals surface area contributed by atoms with Crippen LogP contribution in [0.4, 0.5) is 5.69 Å². The van der Waals surface area contributed by atoms with Gasteiger partial charge in [-0.3, -0.25) is 9.36 Å². The van der Waals surface area contributed by atoms with Crippen LogP contribution in [0, 0.1) is 4.77 Å². The number of nitrogens with one attached hydrogen (secondary N) is 1. The number of para-hydroxylation sites is 2. The minimum absolute atomic E-state index is 0.127. The van der Waals surface area contributed by atoms with E-state index in [0.717, 1.165) is 30.8 Å². The number of halogens is 1. The number of benzene rings is 2. The van der Waals surface area contributed by atoms with Crippen LogP contribution in [0.25, 0.3) is 11.4 Å². The fourth-order valence-electron chi connectivity index (χ4n) is 3.09. The van der Waals surface area contributed by atoms with Gasteiger partial charge in [0, 0.05) is 23.6 Å². The zero-order chi connectivity index (χ0) is 21.5. The predicted octanol–water partition coefficient (Wildman–Crippen LogP) is 5.57. The summed E-state index contributed by atoms with van der Waals surface area (Å²) in [5.74, 6) is 1.28. The van der Waals surface area contributed by atoms with Crippen molar-refractivity contribution >= 4 is 35.4 Å². The standard InChI is InChI=1S/C22H25ClN4O2S/c1-3-4-14-26-21(16-9-11-17(23)12-10-16)25-27(22(26)30)15-13-20(28)24-18-7-5-6-8-19(18)29-2/h5-12H,3-4,13-15H2,1-2H3,(H,24,28). The number of aromatic nitrogens is 3. The molecule has 0 aliphatic heterocycles. The van der Waals surface area contributed by atoms with E-state index >= 15 is 0 Å². The number of methoxy groups -OCH3 is 1. The second-order valence-corrected chi connectivity index (χ2v) is 7.64. The van der Waals surface area contributed by atoms with Crippen molar-refractivity contribution in [2.45, 2.75) is 39.3 Å². The summed E-state index contributed by atoms with van der Waals surface area (Å²) in [5.41, 5.74) is 1.59. The Morgan fingerprint density at radius 3 is 2.60 bits per heavy atom. The van der Waals surface area contributed by atoms with Gasteiger partial charge in [-0.1, -0.05) is 37.1 Å². The van der Waals surface area contributed by atoms with Gasteiger partial charge in [-0.2, -0.15) is 5.10 Å². The van der Waals surface area contributed by atoms with E-state index in [-0.39, 0.29) is 12.3 Å². The molecule has 1 N–H and O–H groups in total. The summed E-state index contributed by atoms with van der Waals surface area (Å²) in [6.45, 7) is 3.30. The van der Waals surface area contributed by atoms with E-state index in [1.165, 1.54) is 0 Å². The molecule has 1 heterocycles. The van der Waals surface area contributed by atoms with Crippen LogP contribution in [-0.2, 0) is 17.9 Å². The third-order valence-electron chi connectivity index (χ3n) is 4.69. The molecule has 0 radical (unpaired) electrons. The average molecular weight is 445 g/mol. The molecular weight excluding hydrogens is 420 g/mol. The first kappa shape index (κ1) is 22.1. The Morgan fingerprint density at radius 1 is 1.17 bits per heavy atom. The van der Waals surface area contributed by atoms with Crippen molar-refractivity contribution in [3.05, 3.63) is 58.3 Å². The Morgan fingerprint density at radius 2 is 1.90 bits per heavy atom. The number of carbonyl (C=O) groups is 1. The number of unbranched alkanes of at least 4 members (excludes halogenated alkanes) is 1. The van der Waals surface area contributed by atoms with Gasteiger partial charge >= 0.3 is 0 Å². The molecular formula is C22H25ClN4O2S. The third kappa shape index (κ3) is 5.29. The molecule has 0 atom stereocenters. The van der Waals surface area contributed by atoms with Crippen molar-refractivity contribution in [1.29, 1.82) is 0 Å². The Balaban J connectivity index is 1.77. The first-order chi connectivity index (χ1) is 14.5. The minimum Gasteiger partial charge on any atom is -0.495 e. The van der Waals surface area contributed by atoms with Crippen molar-refractivity contribution in [1.82, 2.24) is 14.3 Å². The van der Waals surface area contributed by atoms with E-state index in [1.54, 1.807) is 23.9 Å². The monoisotopic (exact) mass is 444 g/mol. The van der Waals surface area contributed by atoms with Crippen molar-refractivity contribution in [2.24, 2.45) is 0 Å². The summed E-state index contributed by atoms with van der Waals surface area (Å²) in [6, 6.07) is 14.9. The van der Waals surface area contributed by atoms with Crippen LogP contribution in [0.15, 0.2) is 48.5 Å². The van der Waals surface area contributed by atoms with Gasteiger partial charge in [0.05, 0.1) is 19.3 Å². The number of nitrogens with zero attached hydrogens (tertiary/aromatic N) is 3. The first-order valence-electron chi connectivity index (χ1n) is 9.90. The maximum absolute atomic E-state index is 12.5. The number of anilines is 1. The van der Waals surface area contributed by atoms with E-state index in [4.69, 9.17) is 33.7 Å². The van der Waals surface area contributed by atoms with Crippen molar-refractivity contribution in [3.8, 4) is 17.1 Å². The van der Waals surface area contributed by atoms with Crippen LogP contribution in [-0.4, -0.2) is 27.4 Å². The molecule has 30 heavy (non-hydrogen) atoms. The van der Waals surface area contributed by atoms with Gasteiger partial charge in [-0.25, -0.2) is 4.68 Å². The maximum Gasteiger partial charge on any atom is 0.226 e. The van der Waals surface area contributed by atoms with Gasteiger partial charge in [0.1, 0.15) is 5.75 Å². The molecule has 6 nitrogen and oxygen atoms in total. The topological polar surface area (TPSA) is 61.1 Å². The van der Waals surface area contributed by atoms with Gasteiger partial charge in [0.15, 0.2) is 10.6 Å². The van der Waals surface area contributed by atoms with Crippen LogP contribution < -0.4 is 10.1 Å². The van der Waals surface area contributed by atoms with Crippen LogP contribution in [0.3, 0.4) is 0 Å². The molecule has 8 heteroatoms. The molecule has 0 aliphatic rings. The highest BCUT2D eigenvalue weighted by Crippen LogP contribution is 2.24. The Kier molecular flexibility index (Phi) is 7.65. The highest BCUT2D eigenvalue weighted by atomic mass is 35.5. The molecule has 0 saturated heterocycles. The molecule has 3 aromatic rings. The zero-order valence-electron chi connectivity index (χ0n) is 17.1. The lowest BCUT2D eigenvalue weighted by Crippen LogP contribution is -2.15. The molecule has 0 aliphatic carbocycles. The molecule has 2 aromatic carbocycles. The zero-order valence-corrected chi connectivity index (χ0v) is 18.7. The number of carbonyl (C=O) groups excluding carboxylic acids is 1. The largest absolute Gasteiger partial charge is 0.495 e. The second-order valence-electron chi connectivity index (χ2n) is 6.84. The summed E-state index contributed by atoms with van der Waals surface area (Å²) in [7, 11) is 1.57. The lowest BCUT2D eigenvalue weighted by Gasteiger charge is -2.09. The summed E-state index contributed by atoms with van der Waals surface area (Å²) in [5, 5.41) is 8.26. The lowest BCUT2D eigenvalue weighted by atomic mass is 10.2. The summed E-state index contributed by atoms with van der Waals surface area (Å²) in [4.78, 5) is 12.5. The van der Waals surface area contributed by atoms with Gasteiger partial charge in [-0.15, -0.1) is 0 Å². The number of rotatable bonds is 9. The number of amides is 1. The average Bonchev–Trinajstić information content (AvgIpc) is 3.07. The lowest BCUT2D eigenvalue weighted by molar-refractivity contribution is -0.116. The number of aryl methyl sites for hydroxylation is 1. The number of ether oxygens (including phenoxy) is 1. The summed E-state index contributed by atoms with van der Waals surface area (Å²) < 4.78 is 9.64. The quantitative estimate of drug-likeness (QED) is 0.438. The van der Waals surface area contributed by atoms with Crippen molar-refractivity contribution < 1.29 is 9.53 Å². The van der Waals surface area contributed by atoms with Gasteiger partial charge in [0.25, 0.3) is 0 Å². The molecule has 158 valence electrons. The van der Waals surface area contributed by atoms with E-state index in [9.17, 15) is 4.79 Å². The summed E-state index contributed by atoms with van der Waals surface area (Å²) >= 11 is 11.7. The van der Waals surface area contributed by atoms with Gasteiger partial charge < -0.3 is 10.1 Å². The maximum atomic E-state index is 12.5. The van der Waals surface area contributed by atoms with E-state index in [2.05, 4.69) is 12.2 Å². The van der Waals surface area contributed by atoms with E-state index < -0.39 is 0 Å². The van der Waals surface area contributed by atoms with Crippen molar-refractivity contribution in [2.75, 3.05) is 12.4 Å². The molecule has 0 unspecified atom stereocenters. The van der Waals surface area contributed by atoms with Gasteiger partial charge in [0.2, 0.25) is 5.91 Å². The highest BCUT2D eigenvalue weighted by Gasteiger charge is 2.14. The van der Waals surface area contributed by atoms with Crippen LogP contribution in [0.2, 0.25) is 5.02 Å². The second kappa shape index (κ2) is 10.4. The Hall–Kier alpha value is -2.64. The molecule has 0 fully saturated rings. The molecule has 0 bridgehead atoms. The molecule has 3 rings (SSSR count). The minimum atomic E-state index is -0.127. The third-order valence-corrected chi connectivity index (χ3v) is 5.38. The van der Waals surface area contributed by atoms with E-state index in [0.29, 0.717) is 27.8 Å². The fraction of sp³-hybridized carbons (Fsp3) is 0.318. The summed E-state index contributed by atoms with van der Waals surface area (Å²) in [6.07, 6.45) is 2.29. The first-order valence-corrected chi connectivity index (χ1v) is 10.7. The van der Waals surface area contributed by atoms with Crippen LogP contribution >= 0.6 is 23.8 Å². The molecule has 1 aromatic heterocycles. The normalized spacial score (nSPS) is 10.8. The van der Waals surface area contributed by atoms with Gasteiger partial charge in [-0.05, 0) is 55.0 Å². The fourth-order valence-corrected chi connectivity index (χ4v) is 3.52. The highest BCUT2D eigenvalue weighted by molar-refractivity contribution is 7.71. The van der Waals surface area contributed by atoms with E-state index in [1.807, 2.05) is 41.0 Å². The smallest absolute Gasteiger partial charge is 0.226 e. The Bertz CT molecular complexity index is 1060. The SMILES string of the molecule is CCCCn1c(-c2ccc(Cl)cc2)nn(CCC(=O)Nc2ccccc2OC)c1=S. The Labute approximate surface area is 186 Å².